The highest BCUT2D eigenvalue weighted by molar-refractivity contribution is 6.04. The Hall–Kier alpha value is -1.97. The summed E-state index contributed by atoms with van der Waals surface area (Å²) in [7, 11) is 0. The van der Waals surface area contributed by atoms with Crippen molar-refractivity contribution in [2.75, 3.05) is 0 Å². The van der Waals surface area contributed by atoms with Gasteiger partial charge in [0.15, 0.2) is 0 Å². The standard InChI is InChI=1S/C12H13NO3/c1-9(14)7-11(15)13-12(16)8-10-5-3-2-4-6-10/h2-6H,7-8H2,1H3,(H,13,15,16). The van der Waals surface area contributed by atoms with Crippen molar-refractivity contribution in [3.63, 3.8) is 0 Å². The van der Waals surface area contributed by atoms with Crippen molar-refractivity contribution in [3.8, 4) is 0 Å². The van der Waals surface area contributed by atoms with Crippen LogP contribution in [-0.4, -0.2) is 17.6 Å². The highest BCUT2D eigenvalue weighted by Crippen LogP contribution is 1.99. The SMILES string of the molecule is CC(=O)CC(=O)NC(=O)Cc1ccccc1. The van der Waals surface area contributed by atoms with Gasteiger partial charge in [0, 0.05) is 0 Å². The number of imide groups is 1. The van der Waals surface area contributed by atoms with Gasteiger partial charge >= 0.3 is 0 Å². The molecule has 0 aliphatic rings. The first-order valence-electron chi connectivity index (χ1n) is 4.94. The van der Waals surface area contributed by atoms with Gasteiger partial charge in [-0.05, 0) is 12.5 Å². The molecule has 1 aromatic rings. The largest absolute Gasteiger partial charge is 0.299 e. The van der Waals surface area contributed by atoms with Crippen LogP contribution in [0.2, 0.25) is 0 Å². The van der Waals surface area contributed by atoms with Gasteiger partial charge in [-0.25, -0.2) is 0 Å². The quantitative estimate of drug-likeness (QED) is 0.763. The molecular weight excluding hydrogens is 206 g/mol. The molecule has 84 valence electrons. The summed E-state index contributed by atoms with van der Waals surface area (Å²) in [6.07, 6.45) is -0.106. The Bertz CT molecular complexity index is 398. The molecule has 0 atom stereocenters. The normalized spacial score (nSPS) is 9.56. The summed E-state index contributed by atoms with van der Waals surface area (Å²) in [6, 6.07) is 9.09. The fraction of sp³-hybridized carbons (Fsp3) is 0.250. The number of hydrogen-bond acceptors (Lipinski definition) is 3. The summed E-state index contributed by atoms with van der Waals surface area (Å²) in [5.74, 6) is -1.20. The number of amides is 2. The zero-order valence-electron chi connectivity index (χ0n) is 9.03. The molecule has 0 saturated carbocycles. The van der Waals surface area contributed by atoms with Crippen LogP contribution in [-0.2, 0) is 20.8 Å². The third-order valence-corrected chi connectivity index (χ3v) is 1.90. The van der Waals surface area contributed by atoms with Crippen LogP contribution >= 0.6 is 0 Å². The van der Waals surface area contributed by atoms with Crippen LogP contribution in [0.3, 0.4) is 0 Å². The summed E-state index contributed by atoms with van der Waals surface area (Å²) < 4.78 is 0. The number of rotatable bonds is 4. The summed E-state index contributed by atoms with van der Waals surface area (Å²) >= 11 is 0. The predicted molar refractivity (Wildman–Crippen MR) is 58.6 cm³/mol. The number of carbonyl (C=O) groups is 3. The minimum Gasteiger partial charge on any atom is -0.299 e. The van der Waals surface area contributed by atoms with E-state index in [-0.39, 0.29) is 18.6 Å². The fourth-order valence-corrected chi connectivity index (χ4v) is 1.25. The number of benzene rings is 1. The van der Waals surface area contributed by atoms with Gasteiger partial charge in [-0.3, -0.25) is 19.7 Å². The summed E-state index contributed by atoms with van der Waals surface area (Å²) in [6.45, 7) is 1.31. The number of ketones is 1. The molecule has 0 spiro atoms. The smallest absolute Gasteiger partial charge is 0.233 e. The van der Waals surface area contributed by atoms with Gasteiger partial charge in [0.1, 0.15) is 5.78 Å². The van der Waals surface area contributed by atoms with Gasteiger partial charge in [0.05, 0.1) is 12.8 Å². The van der Waals surface area contributed by atoms with Crippen LogP contribution in [0.4, 0.5) is 0 Å². The Kier molecular flexibility index (Phi) is 4.39. The lowest BCUT2D eigenvalue weighted by Crippen LogP contribution is -2.32. The lowest BCUT2D eigenvalue weighted by Gasteiger charge is -2.02. The van der Waals surface area contributed by atoms with Crippen molar-refractivity contribution in [2.45, 2.75) is 19.8 Å². The summed E-state index contributed by atoms with van der Waals surface area (Å²) in [4.78, 5) is 33.1. The maximum atomic E-state index is 11.4. The Balaban J connectivity index is 2.42. The molecule has 0 aliphatic heterocycles. The molecule has 0 radical (unpaired) electrons. The highest BCUT2D eigenvalue weighted by atomic mass is 16.2. The summed E-state index contributed by atoms with van der Waals surface area (Å²) in [5, 5.41) is 2.16. The van der Waals surface area contributed by atoms with E-state index in [1.165, 1.54) is 6.92 Å². The molecule has 1 aromatic carbocycles. The molecule has 4 nitrogen and oxygen atoms in total. The van der Waals surface area contributed by atoms with E-state index in [1.54, 1.807) is 12.1 Å². The molecule has 0 aliphatic carbocycles. The lowest BCUT2D eigenvalue weighted by molar-refractivity contribution is -0.132. The van der Waals surface area contributed by atoms with Gasteiger partial charge in [-0.15, -0.1) is 0 Å². The van der Waals surface area contributed by atoms with Gasteiger partial charge in [0.25, 0.3) is 0 Å². The fourth-order valence-electron chi connectivity index (χ4n) is 1.25. The maximum Gasteiger partial charge on any atom is 0.233 e. The monoisotopic (exact) mass is 219 g/mol. The zero-order valence-corrected chi connectivity index (χ0v) is 9.03. The van der Waals surface area contributed by atoms with Crippen molar-refractivity contribution < 1.29 is 14.4 Å². The van der Waals surface area contributed by atoms with E-state index in [9.17, 15) is 14.4 Å². The van der Waals surface area contributed by atoms with E-state index in [2.05, 4.69) is 5.32 Å². The molecule has 1 N–H and O–H groups in total. The van der Waals surface area contributed by atoms with E-state index in [1.807, 2.05) is 18.2 Å². The van der Waals surface area contributed by atoms with Crippen LogP contribution in [0.5, 0.6) is 0 Å². The minimum atomic E-state index is -0.548. The second-order valence-corrected chi connectivity index (χ2v) is 3.51. The third kappa shape index (κ3) is 4.50. The van der Waals surface area contributed by atoms with Crippen molar-refractivity contribution in [2.24, 2.45) is 0 Å². The molecule has 4 heteroatoms. The average Bonchev–Trinajstić information content (AvgIpc) is 2.17. The van der Waals surface area contributed by atoms with Crippen LogP contribution in [0.1, 0.15) is 18.9 Å². The highest BCUT2D eigenvalue weighted by Gasteiger charge is 2.09. The molecule has 0 heterocycles. The second kappa shape index (κ2) is 5.80. The second-order valence-electron chi connectivity index (χ2n) is 3.51. The zero-order chi connectivity index (χ0) is 12.0. The lowest BCUT2D eigenvalue weighted by atomic mass is 10.1. The molecule has 0 bridgehead atoms. The Labute approximate surface area is 93.7 Å². The third-order valence-electron chi connectivity index (χ3n) is 1.90. The van der Waals surface area contributed by atoms with E-state index >= 15 is 0 Å². The molecule has 1 rings (SSSR count). The van der Waals surface area contributed by atoms with Crippen molar-refractivity contribution >= 4 is 17.6 Å². The Morgan fingerprint density at radius 3 is 2.25 bits per heavy atom. The molecule has 0 unspecified atom stereocenters. The van der Waals surface area contributed by atoms with Crippen molar-refractivity contribution in [1.29, 1.82) is 0 Å². The van der Waals surface area contributed by atoms with Crippen molar-refractivity contribution in [1.82, 2.24) is 5.32 Å². The minimum absolute atomic E-state index is 0.143. The van der Waals surface area contributed by atoms with E-state index < -0.39 is 11.8 Å². The van der Waals surface area contributed by atoms with Crippen LogP contribution in [0.15, 0.2) is 30.3 Å². The first kappa shape index (κ1) is 12.1. The van der Waals surface area contributed by atoms with Gasteiger partial charge in [0.2, 0.25) is 11.8 Å². The number of carbonyl (C=O) groups excluding carboxylic acids is 3. The topological polar surface area (TPSA) is 63.2 Å². The maximum absolute atomic E-state index is 11.4. The molecule has 2 amide bonds. The van der Waals surface area contributed by atoms with Gasteiger partial charge < -0.3 is 0 Å². The van der Waals surface area contributed by atoms with Gasteiger partial charge in [-0.1, -0.05) is 30.3 Å². The first-order chi connectivity index (χ1) is 7.58. The van der Waals surface area contributed by atoms with Crippen LogP contribution in [0.25, 0.3) is 0 Å². The summed E-state index contributed by atoms with van der Waals surface area (Å²) in [5.41, 5.74) is 0.829. The molecule has 0 aromatic heterocycles. The number of hydrogen-bond donors (Lipinski definition) is 1. The van der Waals surface area contributed by atoms with Crippen LogP contribution < -0.4 is 5.32 Å². The molecule has 16 heavy (non-hydrogen) atoms. The van der Waals surface area contributed by atoms with Crippen molar-refractivity contribution in [3.05, 3.63) is 35.9 Å². The van der Waals surface area contributed by atoms with E-state index in [0.717, 1.165) is 5.56 Å². The molecule has 0 saturated heterocycles. The number of Topliss-reactive ketones (excluding diaryl/α,β-unsaturated/α-hetero) is 1. The average molecular weight is 219 g/mol. The molecule has 0 fully saturated rings. The van der Waals surface area contributed by atoms with Gasteiger partial charge in [-0.2, -0.15) is 0 Å². The van der Waals surface area contributed by atoms with Crippen LogP contribution in [0, 0.1) is 0 Å². The first-order valence-corrected chi connectivity index (χ1v) is 4.94. The van der Waals surface area contributed by atoms with E-state index in [4.69, 9.17) is 0 Å². The molecular formula is C12H13NO3. The number of nitrogens with one attached hydrogen (secondary N) is 1. The Morgan fingerprint density at radius 2 is 1.69 bits per heavy atom. The Morgan fingerprint density at radius 1 is 1.06 bits per heavy atom. The predicted octanol–water partition coefficient (Wildman–Crippen LogP) is 0.851. The van der Waals surface area contributed by atoms with E-state index in [0.29, 0.717) is 0 Å².